The van der Waals surface area contributed by atoms with Gasteiger partial charge in [-0.25, -0.2) is 17.9 Å². The number of hydrogen-bond acceptors (Lipinski definition) is 6. The van der Waals surface area contributed by atoms with Crippen LogP contribution in [0.4, 0.5) is 8.78 Å². The van der Waals surface area contributed by atoms with E-state index in [1.54, 1.807) is 0 Å². The highest BCUT2D eigenvalue weighted by Crippen LogP contribution is 2.23. The highest BCUT2D eigenvalue weighted by Gasteiger charge is 2.24. The van der Waals surface area contributed by atoms with Crippen LogP contribution in [0.5, 0.6) is 5.75 Å². The van der Waals surface area contributed by atoms with Crippen LogP contribution in [0.3, 0.4) is 0 Å². The maximum atomic E-state index is 12.3. The third kappa shape index (κ3) is 4.49. The molecule has 0 bridgehead atoms. The largest absolute Gasteiger partial charge is 0.465 e. The zero-order valence-electron chi connectivity index (χ0n) is 12.4. The highest BCUT2D eigenvalue weighted by molar-refractivity contribution is 7.89. The number of rotatable bonds is 7. The summed E-state index contributed by atoms with van der Waals surface area (Å²) in [6.45, 7) is -3.00. The van der Waals surface area contributed by atoms with Gasteiger partial charge in [-0.15, -0.1) is 11.3 Å². The van der Waals surface area contributed by atoms with Crippen molar-refractivity contribution in [2.45, 2.75) is 18.1 Å². The van der Waals surface area contributed by atoms with E-state index in [1.165, 1.54) is 35.7 Å². The van der Waals surface area contributed by atoms with E-state index in [0.717, 1.165) is 18.4 Å². The molecule has 0 fully saturated rings. The van der Waals surface area contributed by atoms with E-state index in [1.807, 2.05) is 0 Å². The number of alkyl halides is 2. The van der Waals surface area contributed by atoms with Gasteiger partial charge in [0.05, 0.1) is 7.11 Å². The molecule has 24 heavy (non-hydrogen) atoms. The minimum Gasteiger partial charge on any atom is -0.465 e. The number of nitrogens with one attached hydrogen (secondary N) is 1. The number of carbonyl (C=O) groups is 1. The van der Waals surface area contributed by atoms with Gasteiger partial charge in [-0.2, -0.15) is 8.78 Å². The van der Waals surface area contributed by atoms with Crippen molar-refractivity contribution >= 4 is 27.3 Å². The fraction of sp³-hybridized carbons (Fsp3) is 0.214. The fourth-order valence-corrected chi connectivity index (χ4v) is 4.15. The smallest absolute Gasteiger partial charge is 0.387 e. The van der Waals surface area contributed by atoms with Crippen LogP contribution in [0.15, 0.2) is 40.6 Å². The lowest BCUT2D eigenvalue weighted by Gasteiger charge is -2.08. The lowest BCUT2D eigenvalue weighted by molar-refractivity contribution is -0.0498. The van der Waals surface area contributed by atoms with E-state index in [9.17, 15) is 22.0 Å². The van der Waals surface area contributed by atoms with Gasteiger partial charge in [0.2, 0.25) is 10.0 Å². The number of sulfonamides is 1. The van der Waals surface area contributed by atoms with E-state index in [2.05, 4.69) is 14.2 Å². The number of methoxy groups -OCH3 is 1. The second-order valence-corrected chi connectivity index (χ2v) is 7.10. The first-order valence-corrected chi connectivity index (χ1v) is 8.89. The Labute approximate surface area is 141 Å². The minimum atomic E-state index is -3.92. The maximum Gasteiger partial charge on any atom is 0.387 e. The number of halogens is 2. The average Bonchev–Trinajstić information content (AvgIpc) is 3.03. The zero-order chi connectivity index (χ0) is 17.7. The normalized spacial score (nSPS) is 11.5. The predicted octanol–water partition coefficient (Wildman–Crippen LogP) is 2.61. The summed E-state index contributed by atoms with van der Waals surface area (Å²) in [6, 6.07) is 6.82. The summed E-state index contributed by atoms with van der Waals surface area (Å²) in [7, 11) is -2.76. The highest BCUT2D eigenvalue weighted by atomic mass is 32.2. The van der Waals surface area contributed by atoms with E-state index in [-0.39, 0.29) is 22.1 Å². The molecule has 0 saturated heterocycles. The molecule has 2 rings (SSSR count). The summed E-state index contributed by atoms with van der Waals surface area (Å²) in [5, 5.41) is 1.47. The van der Waals surface area contributed by atoms with Gasteiger partial charge in [0.1, 0.15) is 15.5 Å². The molecule has 130 valence electrons. The summed E-state index contributed by atoms with van der Waals surface area (Å²) in [6.07, 6.45) is 0. The second kappa shape index (κ2) is 7.69. The van der Waals surface area contributed by atoms with Gasteiger partial charge in [-0.3, -0.25) is 0 Å². The molecule has 1 aromatic heterocycles. The van der Waals surface area contributed by atoms with Crippen molar-refractivity contribution in [2.24, 2.45) is 0 Å². The lowest BCUT2D eigenvalue weighted by atomic mass is 10.2. The van der Waals surface area contributed by atoms with Crippen LogP contribution in [0.25, 0.3) is 0 Å². The number of carbonyl (C=O) groups excluding carboxylic acids is 1. The molecule has 0 aliphatic heterocycles. The van der Waals surface area contributed by atoms with Crippen LogP contribution in [-0.4, -0.2) is 28.1 Å². The number of ether oxygens (including phenoxy) is 2. The van der Waals surface area contributed by atoms with Gasteiger partial charge in [0.15, 0.2) is 0 Å². The molecule has 2 aromatic rings. The Morgan fingerprint density at radius 1 is 1.25 bits per heavy atom. The molecule has 0 radical (unpaired) electrons. The molecule has 1 N–H and O–H groups in total. The van der Waals surface area contributed by atoms with E-state index in [4.69, 9.17) is 0 Å². The number of hydrogen-bond donors (Lipinski definition) is 1. The first kappa shape index (κ1) is 18.3. The average molecular weight is 377 g/mol. The van der Waals surface area contributed by atoms with Crippen molar-refractivity contribution in [2.75, 3.05) is 7.11 Å². The summed E-state index contributed by atoms with van der Waals surface area (Å²) in [4.78, 5) is 11.4. The third-order valence-electron chi connectivity index (χ3n) is 2.90. The predicted molar refractivity (Wildman–Crippen MR) is 82.8 cm³/mol. The van der Waals surface area contributed by atoms with Crippen molar-refractivity contribution in [1.82, 2.24) is 4.72 Å². The third-order valence-corrected chi connectivity index (χ3v) is 5.37. The molecule has 6 nitrogen and oxygen atoms in total. The fourth-order valence-electron chi connectivity index (χ4n) is 1.80. The molecule has 1 heterocycles. The van der Waals surface area contributed by atoms with Gasteiger partial charge in [-0.05, 0) is 29.1 Å². The van der Waals surface area contributed by atoms with Crippen molar-refractivity contribution in [3.8, 4) is 5.75 Å². The van der Waals surface area contributed by atoms with Crippen molar-refractivity contribution in [3.63, 3.8) is 0 Å². The molecule has 0 amide bonds. The Hall–Kier alpha value is -2.04. The van der Waals surface area contributed by atoms with E-state index >= 15 is 0 Å². The Bertz CT molecular complexity index is 803. The van der Waals surface area contributed by atoms with Gasteiger partial charge < -0.3 is 9.47 Å². The van der Waals surface area contributed by atoms with Crippen LogP contribution < -0.4 is 9.46 Å². The quantitative estimate of drug-likeness (QED) is 0.750. The maximum absolute atomic E-state index is 12.3. The van der Waals surface area contributed by atoms with Crippen LogP contribution >= 0.6 is 11.3 Å². The SMILES string of the molecule is COC(=O)c1sccc1S(=O)(=O)NCc1ccc(OC(F)F)cc1. The molecule has 0 atom stereocenters. The Morgan fingerprint density at radius 3 is 2.50 bits per heavy atom. The van der Waals surface area contributed by atoms with Crippen molar-refractivity contribution in [3.05, 3.63) is 46.2 Å². The van der Waals surface area contributed by atoms with Crippen LogP contribution in [0.2, 0.25) is 0 Å². The monoisotopic (exact) mass is 377 g/mol. The Balaban J connectivity index is 2.08. The molecule has 0 saturated carbocycles. The molecular formula is C14H13F2NO5S2. The van der Waals surface area contributed by atoms with E-state index in [0.29, 0.717) is 5.56 Å². The molecular weight excluding hydrogens is 364 g/mol. The molecule has 1 aromatic carbocycles. The standard InChI is InChI=1S/C14H13F2NO5S2/c1-21-13(18)12-11(6-7-23-12)24(19,20)17-8-9-2-4-10(5-3-9)22-14(15)16/h2-7,14,17H,8H2,1H3. The van der Waals surface area contributed by atoms with E-state index < -0.39 is 22.6 Å². The Kier molecular flexibility index (Phi) is 5.86. The van der Waals surface area contributed by atoms with Gasteiger partial charge in [-0.1, -0.05) is 12.1 Å². The lowest BCUT2D eigenvalue weighted by Crippen LogP contribution is -2.24. The molecule has 10 heteroatoms. The summed E-state index contributed by atoms with van der Waals surface area (Å²) in [5.74, 6) is -0.763. The van der Waals surface area contributed by atoms with Crippen LogP contribution in [0, 0.1) is 0 Å². The topological polar surface area (TPSA) is 81.7 Å². The van der Waals surface area contributed by atoms with Crippen molar-refractivity contribution in [1.29, 1.82) is 0 Å². The number of benzene rings is 1. The Morgan fingerprint density at radius 2 is 1.92 bits per heavy atom. The molecule has 0 aliphatic carbocycles. The molecule has 0 aliphatic rings. The second-order valence-electron chi connectivity index (χ2n) is 4.45. The number of esters is 1. The van der Waals surface area contributed by atoms with Crippen LogP contribution in [-0.2, 0) is 21.3 Å². The summed E-state index contributed by atoms with van der Waals surface area (Å²) in [5.41, 5.74) is 0.537. The van der Waals surface area contributed by atoms with Crippen molar-refractivity contribution < 1.29 is 31.5 Å². The summed E-state index contributed by atoms with van der Waals surface area (Å²) < 4.78 is 59.8. The zero-order valence-corrected chi connectivity index (χ0v) is 14.0. The van der Waals surface area contributed by atoms with Crippen LogP contribution in [0.1, 0.15) is 15.2 Å². The first-order chi connectivity index (χ1) is 11.3. The first-order valence-electron chi connectivity index (χ1n) is 6.52. The van der Waals surface area contributed by atoms with Gasteiger partial charge in [0, 0.05) is 6.54 Å². The molecule has 0 unspecified atom stereocenters. The van der Waals surface area contributed by atoms with Gasteiger partial charge in [0.25, 0.3) is 0 Å². The molecule has 0 spiro atoms. The number of thiophene rings is 1. The summed E-state index contributed by atoms with van der Waals surface area (Å²) >= 11 is 0.957. The minimum absolute atomic E-state index is 0.0225. The van der Waals surface area contributed by atoms with Gasteiger partial charge >= 0.3 is 12.6 Å².